The molecule has 3 rings (SSSR count). The van der Waals surface area contributed by atoms with Gasteiger partial charge in [-0.15, -0.1) is 0 Å². The lowest BCUT2D eigenvalue weighted by molar-refractivity contribution is -0.137. The number of benzene rings is 2. The Morgan fingerprint density at radius 2 is 1.83 bits per heavy atom. The molecule has 0 aliphatic rings. The molecular formula is C21H18F3N3O2S. The first-order chi connectivity index (χ1) is 14.2. The predicted molar refractivity (Wildman–Crippen MR) is 110 cm³/mol. The molecule has 3 aromatic rings. The maximum absolute atomic E-state index is 12.8. The maximum Gasteiger partial charge on any atom is 0.416 e. The monoisotopic (exact) mass is 433 g/mol. The third kappa shape index (κ3) is 5.73. The molecule has 0 fully saturated rings. The first-order valence-electron chi connectivity index (χ1n) is 8.84. The number of nitrogens with zero attached hydrogens (tertiary/aromatic N) is 2. The number of aryl methyl sites for hydroxylation is 1. The van der Waals surface area contributed by atoms with Gasteiger partial charge in [0.15, 0.2) is 5.82 Å². The van der Waals surface area contributed by atoms with Crippen molar-refractivity contribution in [2.24, 2.45) is 0 Å². The van der Waals surface area contributed by atoms with E-state index in [2.05, 4.69) is 15.3 Å². The SMILES string of the molecule is COc1ccc(-c2nc(C)cc(SCC(=O)Nc3cccc(C(F)(F)F)c3)n2)cc1. The minimum absolute atomic E-state index is 0.00521. The quantitative estimate of drug-likeness (QED) is 0.427. The number of anilines is 1. The summed E-state index contributed by atoms with van der Waals surface area (Å²) in [6.45, 7) is 1.82. The predicted octanol–water partition coefficient (Wildman–Crippen LogP) is 5.21. The lowest BCUT2D eigenvalue weighted by Crippen LogP contribution is -2.15. The highest BCUT2D eigenvalue weighted by Crippen LogP contribution is 2.31. The van der Waals surface area contributed by atoms with E-state index in [9.17, 15) is 18.0 Å². The summed E-state index contributed by atoms with van der Waals surface area (Å²) < 4.78 is 43.5. The molecule has 0 saturated heterocycles. The molecule has 0 aliphatic carbocycles. The highest BCUT2D eigenvalue weighted by Gasteiger charge is 2.30. The normalized spacial score (nSPS) is 11.2. The van der Waals surface area contributed by atoms with Crippen molar-refractivity contribution >= 4 is 23.4 Å². The molecule has 1 amide bonds. The minimum atomic E-state index is -4.47. The van der Waals surface area contributed by atoms with Crippen LogP contribution in [0.1, 0.15) is 11.3 Å². The number of rotatable bonds is 6. The molecule has 0 spiro atoms. The highest BCUT2D eigenvalue weighted by molar-refractivity contribution is 7.99. The van der Waals surface area contributed by atoms with E-state index in [-0.39, 0.29) is 11.4 Å². The highest BCUT2D eigenvalue weighted by atomic mass is 32.2. The number of carbonyl (C=O) groups is 1. The van der Waals surface area contributed by atoms with Gasteiger partial charge in [-0.1, -0.05) is 17.8 Å². The summed E-state index contributed by atoms with van der Waals surface area (Å²) in [4.78, 5) is 21.1. The van der Waals surface area contributed by atoms with Crippen LogP contribution in [0.5, 0.6) is 5.75 Å². The Kier molecular flexibility index (Phi) is 6.61. The summed E-state index contributed by atoms with van der Waals surface area (Å²) in [5.74, 6) is 0.793. The summed E-state index contributed by atoms with van der Waals surface area (Å²) in [5.41, 5.74) is 0.808. The zero-order valence-corrected chi connectivity index (χ0v) is 17.0. The van der Waals surface area contributed by atoms with Gasteiger partial charge in [0.05, 0.1) is 18.4 Å². The van der Waals surface area contributed by atoms with E-state index in [1.54, 1.807) is 25.3 Å². The third-order valence-electron chi connectivity index (χ3n) is 4.00. The lowest BCUT2D eigenvalue weighted by Gasteiger charge is -2.10. The second-order valence-corrected chi connectivity index (χ2v) is 7.31. The first kappa shape index (κ1) is 21.6. The number of aromatic nitrogens is 2. The number of halogens is 3. The van der Waals surface area contributed by atoms with Crippen molar-refractivity contribution in [2.75, 3.05) is 18.2 Å². The van der Waals surface area contributed by atoms with Crippen LogP contribution in [0.15, 0.2) is 59.6 Å². The maximum atomic E-state index is 12.8. The molecule has 0 saturated carbocycles. The third-order valence-corrected chi connectivity index (χ3v) is 4.92. The topological polar surface area (TPSA) is 64.1 Å². The molecule has 1 aromatic heterocycles. The van der Waals surface area contributed by atoms with Crippen LogP contribution < -0.4 is 10.1 Å². The van der Waals surface area contributed by atoms with Crippen molar-refractivity contribution in [1.82, 2.24) is 9.97 Å². The van der Waals surface area contributed by atoms with E-state index in [1.807, 2.05) is 19.1 Å². The fraction of sp³-hybridized carbons (Fsp3) is 0.190. The van der Waals surface area contributed by atoms with Crippen LogP contribution in [0.2, 0.25) is 0 Å². The molecule has 5 nitrogen and oxygen atoms in total. The number of hydrogen-bond donors (Lipinski definition) is 1. The van der Waals surface area contributed by atoms with Gasteiger partial charge in [0.2, 0.25) is 5.91 Å². The lowest BCUT2D eigenvalue weighted by atomic mass is 10.2. The average Bonchev–Trinajstić information content (AvgIpc) is 2.71. The average molecular weight is 433 g/mol. The smallest absolute Gasteiger partial charge is 0.416 e. The Bertz CT molecular complexity index is 1040. The number of thioether (sulfide) groups is 1. The number of amides is 1. The minimum Gasteiger partial charge on any atom is -0.497 e. The van der Waals surface area contributed by atoms with Crippen LogP contribution >= 0.6 is 11.8 Å². The Morgan fingerprint density at radius 1 is 1.10 bits per heavy atom. The van der Waals surface area contributed by atoms with Gasteiger partial charge in [-0.25, -0.2) is 9.97 Å². The second kappa shape index (κ2) is 9.17. The van der Waals surface area contributed by atoms with Crippen molar-refractivity contribution in [2.45, 2.75) is 18.1 Å². The molecule has 30 heavy (non-hydrogen) atoms. The summed E-state index contributed by atoms with van der Waals surface area (Å²) >= 11 is 1.18. The van der Waals surface area contributed by atoms with Gasteiger partial charge in [-0.2, -0.15) is 13.2 Å². The molecule has 2 aromatic carbocycles. The summed E-state index contributed by atoms with van der Waals surface area (Å²) in [6.07, 6.45) is -4.47. The number of hydrogen-bond acceptors (Lipinski definition) is 5. The van der Waals surface area contributed by atoms with Gasteiger partial charge >= 0.3 is 6.18 Å². The van der Waals surface area contributed by atoms with E-state index < -0.39 is 17.6 Å². The Morgan fingerprint density at radius 3 is 2.50 bits per heavy atom. The Hall–Kier alpha value is -3.07. The number of ether oxygens (including phenoxy) is 1. The fourth-order valence-corrected chi connectivity index (χ4v) is 3.35. The van der Waals surface area contributed by atoms with Gasteiger partial charge in [-0.3, -0.25) is 4.79 Å². The van der Waals surface area contributed by atoms with Crippen LogP contribution in [0, 0.1) is 6.92 Å². The van der Waals surface area contributed by atoms with E-state index >= 15 is 0 Å². The van der Waals surface area contributed by atoms with Crippen molar-refractivity contribution in [3.8, 4) is 17.1 Å². The molecule has 1 N–H and O–H groups in total. The molecule has 0 unspecified atom stereocenters. The van der Waals surface area contributed by atoms with Crippen molar-refractivity contribution < 1.29 is 22.7 Å². The van der Waals surface area contributed by atoms with Crippen molar-refractivity contribution in [3.05, 3.63) is 65.9 Å². The fourth-order valence-electron chi connectivity index (χ4n) is 2.59. The summed E-state index contributed by atoms with van der Waals surface area (Å²) in [5, 5.41) is 3.07. The summed E-state index contributed by atoms with van der Waals surface area (Å²) in [7, 11) is 1.58. The number of carbonyl (C=O) groups excluding carboxylic acids is 1. The molecule has 0 atom stereocenters. The van der Waals surface area contributed by atoms with Gasteiger partial charge in [0.1, 0.15) is 10.8 Å². The number of alkyl halides is 3. The van der Waals surface area contributed by atoms with E-state index in [0.717, 1.165) is 23.4 Å². The Labute approximate surface area is 175 Å². The largest absolute Gasteiger partial charge is 0.497 e. The van der Waals surface area contributed by atoms with Crippen molar-refractivity contribution in [1.29, 1.82) is 0 Å². The molecule has 0 bridgehead atoms. The van der Waals surface area contributed by atoms with Crippen molar-refractivity contribution in [3.63, 3.8) is 0 Å². The van der Waals surface area contributed by atoms with Crippen LogP contribution in [-0.2, 0) is 11.0 Å². The van der Waals surface area contributed by atoms with Gasteiger partial charge in [-0.05, 0) is 55.5 Å². The van der Waals surface area contributed by atoms with Gasteiger partial charge in [0.25, 0.3) is 0 Å². The molecule has 156 valence electrons. The van der Waals surface area contributed by atoms with Crippen LogP contribution in [0.25, 0.3) is 11.4 Å². The molecular weight excluding hydrogens is 415 g/mol. The van der Waals surface area contributed by atoms with Gasteiger partial charge < -0.3 is 10.1 Å². The van der Waals surface area contributed by atoms with Crippen LogP contribution in [-0.4, -0.2) is 28.7 Å². The van der Waals surface area contributed by atoms with Crippen LogP contribution in [0.3, 0.4) is 0 Å². The number of methoxy groups -OCH3 is 1. The zero-order chi connectivity index (χ0) is 21.7. The number of nitrogens with one attached hydrogen (secondary N) is 1. The van der Waals surface area contributed by atoms with Gasteiger partial charge in [0, 0.05) is 16.9 Å². The van der Waals surface area contributed by atoms with Crippen LogP contribution in [0.4, 0.5) is 18.9 Å². The standard InChI is InChI=1S/C21H18F3N3O2S/c1-13-10-19(27-20(25-13)14-6-8-17(29-2)9-7-14)30-12-18(28)26-16-5-3-4-15(11-16)21(22,23)24/h3-11H,12H2,1-2H3,(H,26,28). The van der Waals surface area contributed by atoms with E-state index in [1.165, 1.54) is 23.9 Å². The van der Waals surface area contributed by atoms with E-state index in [0.29, 0.717) is 16.6 Å². The first-order valence-corrected chi connectivity index (χ1v) is 9.83. The van der Waals surface area contributed by atoms with E-state index in [4.69, 9.17) is 4.74 Å². The zero-order valence-electron chi connectivity index (χ0n) is 16.2. The summed E-state index contributed by atoms with van der Waals surface area (Å²) in [6, 6.07) is 13.5. The molecule has 9 heteroatoms. The molecule has 1 heterocycles. The molecule has 0 radical (unpaired) electrons. The Balaban J connectivity index is 1.67. The second-order valence-electron chi connectivity index (χ2n) is 6.32. The molecule has 0 aliphatic heterocycles.